The minimum atomic E-state index is -0.318. The summed E-state index contributed by atoms with van der Waals surface area (Å²) >= 11 is 0. The van der Waals surface area contributed by atoms with Gasteiger partial charge >= 0.3 is 0 Å². The summed E-state index contributed by atoms with van der Waals surface area (Å²) in [7, 11) is 3.14. The predicted molar refractivity (Wildman–Crippen MR) is 99.5 cm³/mol. The molecule has 2 heterocycles. The molecule has 3 rings (SSSR count). The summed E-state index contributed by atoms with van der Waals surface area (Å²) in [5.41, 5.74) is 1.57. The highest BCUT2D eigenvalue weighted by atomic mass is 16.5. The van der Waals surface area contributed by atoms with Gasteiger partial charge in [0, 0.05) is 11.8 Å². The second-order valence-corrected chi connectivity index (χ2v) is 5.67. The van der Waals surface area contributed by atoms with Crippen LogP contribution in [0.15, 0.2) is 47.1 Å². The van der Waals surface area contributed by atoms with Gasteiger partial charge in [-0.15, -0.1) is 0 Å². The van der Waals surface area contributed by atoms with Crippen LogP contribution in [0.4, 0.5) is 11.6 Å². The number of furan rings is 1. The summed E-state index contributed by atoms with van der Waals surface area (Å²) in [6, 6.07) is 10.5. The number of ether oxygens (including phenoxy) is 2. The van der Waals surface area contributed by atoms with Crippen molar-refractivity contribution in [3.63, 3.8) is 0 Å². The quantitative estimate of drug-likeness (QED) is 0.661. The van der Waals surface area contributed by atoms with E-state index in [1.165, 1.54) is 0 Å². The molecule has 0 radical (unpaired) electrons. The Bertz CT molecular complexity index is 925. The Labute approximate surface area is 156 Å². The maximum atomic E-state index is 12.4. The largest absolute Gasteiger partial charge is 0.497 e. The highest BCUT2D eigenvalue weighted by molar-refractivity contribution is 5.92. The lowest BCUT2D eigenvalue weighted by Crippen LogP contribution is -2.24. The molecule has 1 aromatic carbocycles. The number of methoxy groups -OCH3 is 2. The van der Waals surface area contributed by atoms with Crippen LogP contribution in [0, 0.1) is 6.92 Å². The van der Waals surface area contributed by atoms with Crippen LogP contribution >= 0.6 is 0 Å². The van der Waals surface area contributed by atoms with Gasteiger partial charge in [0.05, 0.1) is 32.7 Å². The second-order valence-electron chi connectivity index (χ2n) is 5.67. The van der Waals surface area contributed by atoms with Crippen LogP contribution in [0.1, 0.15) is 21.9 Å². The number of carbonyl (C=O) groups is 1. The molecule has 140 valence electrons. The monoisotopic (exact) mass is 368 g/mol. The Morgan fingerprint density at radius 3 is 2.70 bits per heavy atom. The molecule has 27 heavy (non-hydrogen) atoms. The maximum Gasteiger partial charge on any atom is 0.270 e. The fraction of sp³-hybridized carbons (Fsp3) is 0.211. The van der Waals surface area contributed by atoms with Gasteiger partial charge in [-0.25, -0.2) is 9.97 Å². The summed E-state index contributed by atoms with van der Waals surface area (Å²) in [5.74, 6) is 1.88. The Morgan fingerprint density at radius 1 is 1.15 bits per heavy atom. The fourth-order valence-corrected chi connectivity index (χ4v) is 2.43. The average Bonchev–Trinajstić information content (AvgIpc) is 3.19. The molecule has 8 heteroatoms. The summed E-state index contributed by atoms with van der Waals surface area (Å²) in [6.07, 6.45) is 1.56. The van der Waals surface area contributed by atoms with E-state index < -0.39 is 0 Å². The third-order valence-corrected chi connectivity index (χ3v) is 3.75. The second kappa shape index (κ2) is 8.22. The molecule has 0 aliphatic heterocycles. The number of hydrogen-bond donors (Lipinski definition) is 2. The molecule has 3 aromatic rings. The van der Waals surface area contributed by atoms with Crippen molar-refractivity contribution in [1.29, 1.82) is 0 Å². The lowest BCUT2D eigenvalue weighted by Gasteiger charge is -2.12. The number of nitrogens with one attached hydrogen (secondary N) is 2. The fourth-order valence-electron chi connectivity index (χ4n) is 2.43. The van der Waals surface area contributed by atoms with Crippen molar-refractivity contribution in [3.8, 4) is 11.5 Å². The molecule has 0 fully saturated rings. The summed E-state index contributed by atoms with van der Waals surface area (Å²) in [4.78, 5) is 21.0. The van der Waals surface area contributed by atoms with E-state index in [2.05, 4.69) is 20.6 Å². The van der Waals surface area contributed by atoms with E-state index in [1.54, 1.807) is 63.8 Å². The van der Waals surface area contributed by atoms with E-state index in [0.29, 0.717) is 34.6 Å². The number of carbonyl (C=O) groups excluding carboxylic acids is 1. The van der Waals surface area contributed by atoms with E-state index in [9.17, 15) is 4.79 Å². The van der Waals surface area contributed by atoms with Gasteiger partial charge in [-0.05, 0) is 37.3 Å². The van der Waals surface area contributed by atoms with Gasteiger partial charge in [0.1, 0.15) is 23.0 Å². The molecule has 0 saturated heterocycles. The number of rotatable bonds is 7. The van der Waals surface area contributed by atoms with Crippen molar-refractivity contribution in [2.45, 2.75) is 13.5 Å². The smallest absolute Gasteiger partial charge is 0.270 e. The number of anilines is 2. The topological polar surface area (TPSA) is 98.5 Å². The normalized spacial score (nSPS) is 10.3. The van der Waals surface area contributed by atoms with Crippen LogP contribution in [-0.2, 0) is 6.54 Å². The lowest BCUT2D eigenvalue weighted by molar-refractivity contribution is 0.0943. The summed E-state index contributed by atoms with van der Waals surface area (Å²) < 4.78 is 15.8. The third kappa shape index (κ3) is 4.55. The molecule has 0 bridgehead atoms. The van der Waals surface area contributed by atoms with E-state index in [-0.39, 0.29) is 18.1 Å². The van der Waals surface area contributed by atoms with Crippen LogP contribution in [0.3, 0.4) is 0 Å². The highest BCUT2D eigenvalue weighted by Crippen LogP contribution is 2.30. The van der Waals surface area contributed by atoms with Crippen molar-refractivity contribution in [2.75, 3.05) is 19.5 Å². The van der Waals surface area contributed by atoms with E-state index in [0.717, 1.165) is 0 Å². The van der Waals surface area contributed by atoms with Gasteiger partial charge < -0.3 is 24.5 Å². The Morgan fingerprint density at radius 2 is 2.00 bits per heavy atom. The van der Waals surface area contributed by atoms with Gasteiger partial charge in [-0.3, -0.25) is 4.79 Å². The van der Waals surface area contributed by atoms with Crippen molar-refractivity contribution < 1.29 is 18.7 Å². The molecule has 8 nitrogen and oxygen atoms in total. The predicted octanol–water partition coefficient (Wildman–Crippen LogP) is 3.07. The van der Waals surface area contributed by atoms with E-state index >= 15 is 0 Å². The Hall–Kier alpha value is -3.55. The van der Waals surface area contributed by atoms with Crippen LogP contribution in [-0.4, -0.2) is 30.1 Å². The van der Waals surface area contributed by atoms with Gasteiger partial charge in [0.15, 0.2) is 0 Å². The van der Waals surface area contributed by atoms with Crippen LogP contribution in [0.5, 0.6) is 11.5 Å². The van der Waals surface area contributed by atoms with Gasteiger partial charge in [0.25, 0.3) is 5.91 Å². The number of amides is 1. The van der Waals surface area contributed by atoms with Crippen molar-refractivity contribution >= 4 is 17.5 Å². The molecule has 0 saturated carbocycles. The van der Waals surface area contributed by atoms with Crippen LogP contribution in [0.2, 0.25) is 0 Å². The minimum Gasteiger partial charge on any atom is -0.497 e. The van der Waals surface area contributed by atoms with Crippen LogP contribution < -0.4 is 20.1 Å². The van der Waals surface area contributed by atoms with E-state index in [1.807, 2.05) is 0 Å². The molecule has 1 amide bonds. The zero-order chi connectivity index (χ0) is 19.2. The number of aryl methyl sites for hydroxylation is 1. The van der Waals surface area contributed by atoms with E-state index in [4.69, 9.17) is 13.9 Å². The van der Waals surface area contributed by atoms with Crippen molar-refractivity contribution in [3.05, 3.63) is 59.8 Å². The number of benzene rings is 1. The first-order valence-electron chi connectivity index (χ1n) is 8.24. The number of aromatic nitrogens is 2. The number of hydrogen-bond acceptors (Lipinski definition) is 7. The SMILES string of the molecule is COc1ccc(Nc2nc(C)cc(C(=O)NCc3ccco3)n2)c(OC)c1. The first-order chi connectivity index (χ1) is 13.1. The molecule has 2 N–H and O–H groups in total. The molecular formula is C19H20N4O4. The maximum absolute atomic E-state index is 12.4. The standard InChI is InChI=1S/C19H20N4O4/c1-12-9-16(18(24)20-11-14-5-4-8-27-14)23-19(21-12)22-15-7-6-13(25-2)10-17(15)26-3/h4-10H,11H2,1-3H3,(H,20,24)(H,21,22,23). The summed E-state index contributed by atoms with van der Waals surface area (Å²) in [5, 5.41) is 5.84. The Kier molecular flexibility index (Phi) is 5.55. The zero-order valence-electron chi connectivity index (χ0n) is 15.3. The third-order valence-electron chi connectivity index (χ3n) is 3.75. The molecule has 0 aliphatic rings. The van der Waals surface area contributed by atoms with Crippen LogP contribution in [0.25, 0.3) is 0 Å². The summed E-state index contributed by atoms with van der Waals surface area (Å²) in [6.45, 7) is 2.07. The highest BCUT2D eigenvalue weighted by Gasteiger charge is 2.13. The van der Waals surface area contributed by atoms with Gasteiger partial charge in [-0.2, -0.15) is 0 Å². The molecule has 0 aliphatic carbocycles. The minimum absolute atomic E-state index is 0.254. The van der Waals surface area contributed by atoms with Gasteiger partial charge in [0.2, 0.25) is 5.95 Å². The lowest BCUT2D eigenvalue weighted by atomic mass is 10.2. The molecule has 0 unspecified atom stereocenters. The van der Waals surface area contributed by atoms with Crippen molar-refractivity contribution in [2.24, 2.45) is 0 Å². The van der Waals surface area contributed by atoms with Gasteiger partial charge in [-0.1, -0.05) is 0 Å². The van der Waals surface area contributed by atoms with Crippen molar-refractivity contribution in [1.82, 2.24) is 15.3 Å². The average molecular weight is 368 g/mol. The number of nitrogens with zero attached hydrogens (tertiary/aromatic N) is 2. The zero-order valence-corrected chi connectivity index (χ0v) is 15.3. The molecule has 0 spiro atoms. The first kappa shape index (κ1) is 18.2. The Balaban J connectivity index is 1.78. The first-order valence-corrected chi connectivity index (χ1v) is 8.24. The molecular weight excluding hydrogens is 348 g/mol. The molecule has 2 aromatic heterocycles. The molecule has 0 atom stereocenters.